The SMILES string of the molecule is CCCc1nsc(NCC(N)(CC)CC)n1. The van der Waals surface area contributed by atoms with E-state index >= 15 is 0 Å². The average molecular weight is 242 g/mol. The second kappa shape index (κ2) is 6.15. The fourth-order valence-electron chi connectivity index (χ4n) is 1.40. The second-order valence-electron chi connectivity index (χ2n) is 4.19. The van der Waals surface area contributed by atoms with Crippen LogP contribution in [0.5, 0.6) is 0 Å². The lowest BCUT2D eigenvalue weighted by molar-refractivity contribution is 0.418. The van der Waals surface area contributed by atoms with E-state index in [1.165, 1.54) is 11.5 Å². The van der Waals surface area contributed by atoms with Gasteiger partial charge < -0.3 is 11.1 Å². The molecular weight excluding hydrogens is 220 g/mol. The monoisotopic (exact) mass is 242 g/mol. The van der Waals surface area contributed by atoms with Crippen LogP contribution in [-0.2, 0) is 6.42 Å². The van der Waals surface area contributed by atoms with Crippen molar-refractivity contribution in [3.63, 3.8) is 0 Å². The molecule has 1 aromatic heterocycles. The molecule has 0 atom stereocenters. The number of aryl methyl sites for hydroxylation is 1. The van der Waals surface area contributed by atoms with Crippen molar-refractivity contribution in [2.24, 2.45) is 5.73 Å². The maximum Gasteiger partial charge on any atom is 0.202 e. The number of aromatic nitrogens is 2. The van der Waals surface area contributed by atoms with Gasteiger partial charge in [0.05, 0.1) is 0 Å². The van der Waals surface area contributed by atoms with Gasteiger partial charge in [-0.1, -0.05) is 20.8 Å². The van der Waals surface area contributed by atoms with Crippen LogP contribution < -0.4 is 11.1 Å². The molecule has 5 heteroatoms. The van der Waals surface area contributed by atoms with Crippen molar-refractivity contribution >= 4 is 16.7 Å². The number of hydrogen-bond donors (Lipinski definition) is 2. The molecule has 3 N–H and O–H groups in total. The molecule has 1 rings (SSSR count). The van der Waals surface area contributed by atoms with E-state index in [0.29, 0.717) is 0 Å². The zero-order valence-electron chi connectivity index (χ0n) is 10.4. The highest BCUT2D eigenvalue weighted by molar-refractivity contribution is 7.09. The lowest BCUT2D eigenvalue weighted by atomic mass is 9.94. The molecule has 0 spiro atoms. The number of hydrogen-bond acceptors (Lipinski definition) is 5. The van der Waals surface area contributed by atoms with Crippen molar-refractivity contribution in [1.82, 2.24) is 9.36 Å². The van der Waals surface area contributed by atoms with Crippen LogP contribution in [0.2, 0.25) is 0 Å². The summed E-state index contributed by atoms with van der Waals surface area (Å²) in [6.45, 7) is 7.13. The molecule has 0 fully saturated rings. The van der Waals surface area contributed by atoms with Crippen molar-refractivity contribution < 1.29 is 0 Å². The summed E-state index contributed by atoms with van der Waals surface area (Å²) in [7, 11) is 0. The Morgan fingerprint density at radius 3 is 2.56 bits per heavy atom. The number of nitrogens with one attached hydrogen (secondary N) is 1. The summed E-state index contributed by atoms with van der Waals surface area (Å²) in [5.74, 6) is 0.936. The van der Waals surface area contributed by atoms with Crippen LogP contribution in [0.3, 0.4) is 0 Å². The Balaban J connectivity index is 2.47. The van der Waals surface area contributed by atoms with Gasteiger partial charge in [0, 0.05) is 30.0 Å². The van der Waals surface area contributed by atoms with Crippen molar-refractivity contribution in [3.8, 4) is 0 Å². The smallest absolute Gasteiger partial charge is 0.202 e. The first-order valence-corrected chi connectivity index (χ1v) is 6.76. The molecule has 0 bridgehead atoms. The maximum atomic E-state index is 6.20. The summed E-state index contributed by atoms with van der Waals surface area (Å²) in [6.07, 6.45) is 3.97. The molecule has 0 aromatic carbocycles. The topological polar surface area (TPSA) is 63.8 Å². The Morgan fingerprint density at radius 2 is 2.00 bits per heavy atom. The van der Waals surface area contributed by atoms with Crippen molar-refractivity contribution in [3.05, 3.63) is 5.82 Å². The normalized spacial score (nSPS) is 11.8. The molecule has 0 saturated carbocycles. The first kappa shape index (κ1) is 13.4. The fourth-order valence-corrected chi connectivity index (χ4v) is 2.01. The van der Waals surface area contributed by atoms with E-state index in [1.807, 2.05) is 0 Å². The molecule has 92 valence electrons. The summed E-state index contributed by atoms with van der Waals surface area (Å²) < 4.78 is 4.29. The standard InChI is InChI=1S/C11H22N4S/c1-4-7-9-14-10(16-15-9)13-8-11(12,5-2)6-3/h4-8,12H2,1-3H3,(H,13,14,15). The molecule has 0 radical (unpaired) electrons. The van der Waals surface area contributed by atoms with Gasteiger partial charge in [-0.05, 0) is 19.3 Å². The summed E-state index contributed by atoms with van der Waals surface area (Å²) in [6, 6.07) is 0. The highest BCUT2D eigenvalue weighted by Gasteiger charge is 2.20. The van der Waals surface area contributed by atoms with E-state index in [0.717, 1.165) is 43.2 Å². The molecule has 1 aromatic rings. The zero-order chi connectivity index (χ0) is 12.0. The van der Waals surface area contributed by atoms with Crippen LogP contribution in [0, 0.1) is 0 Å². The Kier molecular flexibility index (Phi) is 5.15. The lowest BCUT2D eigenvalue weighted by Crippen LogP contribution is -2.45. The highest BCUT2D eigenvalue weighted by atomic mass is 32.1. The summed E-state index contributed by atoms with van der Waals surface area (Å²) in [5.41, 5.74) is 6.08. The van der Waals surface area contributed by atoms with Crippen LogP contribution >= 0.6 is 11.5 Å². The van der Waals surface area contributed by atoms with Gasteiger partial charge in [-0.15, -0.1) is 0 Å². The second-order valence-corrected chi connectivity index (χ2v) is 4.94. The van der Waals surface area contributed by atoms with Gasteiger partial charge in [-0.2, -0.15) is 4.37 Å². The van der Waals surface area contributed by atoms with Crippen LogP contribution in [0.15, 0.2) is 0 Å². The van der Waals surface area contributed by atoms with E-state index in [9.17, 15) is 0 Å². The molecule has 0 aliphatic rings. The first-order valence-electron chi connectivity index (χ1n) is 5.99. The number of rotatable bonds is 7. The lowest BCUT2D eigenvalue weighted by Gasteiger charge is -2.26. The van der Waals surface area contributed by atoms with Crippen molar-refractivity contribution in [2.75, 3.05) is 11.9 Å². The molecule has 0 aliphatic heterocycles. The van der Waals surface area contributed by atoms with Crippen LogP contribution in [0.4, 0.5) is 5.13 Å². The van der Waals surface area contributed by atoms with Gasteiger partial charge in [-0.3, -0.25) is 0 Å². The predicted molar refractivity (Wildman–Crippen MR) is 69.9 cm³/mol. The molecular formula is C11H22N4S. The van der Waals surface area contributed by atoms with Crippen molar-refractivity contribution in [2.45, 2.75) is 52.0 Å². The first-order chi connectivity index (χ1) is 7.63. The van der Waals surface area contributed by atoms with Gasteiger partial charge >= 0.3 is 0 Å². The van der Waals surface area contributed by atoms with E-state index < -0.39 is 0 Å². The summed E-state index contributed by atoms with van der Waals surface area (Å²) in [4.78, 5) is 4.41. The average Bonchev–Trinajstić information content (AvgIpc) is 2.74. The van der Waals surface area contributed by atoms with Crippen LogP contribution in [0.25, 0.3) is 0 Å². The zero-order valence-corrected chi connectivity index (χ0v) is 11.2. The Bertz CT molecular complexity index is 307. The van der Waals surface area contributed by atoms with Gasteiger partial charge in [-0.25, -0.2) is 4.98 Å². The van der Waals surface area contributed by atoms with Crippen LogP contribution in [-0.4, -0.2) is 21.4 Å². The molecule has 0 saturated heterocycles. The Labute approximate surface area is 102 Å². The molecule has 0 aliphatic carbocycles. The van der Waals surface area contributed by atoms with Gasteiger partial charge in [0.1, 0.15) is 5.82 Å². The molecule has 0 amide bonds. The van der Waals surface area contributed by atoms with Gasteiger partial charge in [0.2, 0.25) is 5.13 Å². The number of nitrogens with zero attached hydrogens (tertiary/aromatic N) is 2. The van der Waals surface area contributed by atoms with Crippen molar-refractivity contribution in [1.29, 1.82) is 0 Å². The molecule has 16 heavy (non-hydrogen) atoms. The maximum absolute atomic E-state index is 6.20. The van der Waals surface area contributed by atoms with Gasteiger partial charge in [0.25, 0.3) is 0 Å². The molecule has 4 nitrogen and oxygen atoms in total. The van der Waals surface area contributed by atoms with E-state index in [1.54, 1.807) is 0 Å². The quantitative estimate of drug-likeness (QED) is 0.770. The minimum atomic E-state index is -0.128. The molecule has 1 heterocycles. The Morgan fingerprint density at radius 1 is 1.31 bits per heavy atom. The predicted octanol–water partition coefficient (Wildman–Crippen LogP) is 2.42. The number of nitrogens with two attached hydrogens (primary N) is 1. The minimum Gasteiger partial charge on any atom is -0.358 e. The van der Waals surface area contributed by atoms with Gasteiger partial charge in [0.15, 0.2) is 0 Å². The minimum absolute atomic E-state index is 0.128. The Hall–Kier alpha value is -0.680. The third-order valence-electron chi connectivity index (χ3n) is 2.94. The van der Waals surface area contributed by atoms with E-state index in [2.05, 4.69) is 35.4 Å². The fraction of sp³-hybridized carbons (Fsp3) is 0.818. The highest BCUT2D eigenvalue weighted by Crippen LogP contribution is 2.16. The van der Waals surface area contributed by atoms with E-state index in [-0.39, 0.29) is 5.54 Å². The largest absolute Gasteiger partial charge is 0.358 e. The third-order valence-corrected chi connectivity index (χ3v) is 3.65. The molecule has 0 unspecified atom stereocenters. The summed E-state index contributed by atoms with van der Waals surface area (Å²) >= 11 is 1.42. The van der Waals surface area contributed by atoms with Crippen LogP contribution in [0.1, 0.15) is 45.9 Å². The third kappa shape index (κ3) is 3.72. The summed E-state index contributed by atoms with van der Waals surface area (Å²) in [5, 5.41) is 4.17. The number of anilines is 1. The van der Waals surface area contributed by atoms with E-state index in [4.69, 9.17) is 5.73 Å².